The largest absolute Gasteiger partial charge is 0.373 e. The highest BCUT2D eigenvalue weighted by molar-refractivity contribution is 5.98. The van der Waals surface area contributed by atoms with E-state index in [0.717, 1.165) is 63.8 Å². The van der Waals surface area contributed by atoms with E-state index in [1.54, 1.807) is 6.20 Å². The van der Waals surface area contributed by atoms with Gasteiger partial charge in [-0.05, 0) is 44.0 Å². The zero-order valence-electron chi connectivity index (χ0n) is 21.2. The summed E-state index contributed by atoms with van der Waals surface area (Å²) in [6.07, 6.45) is 5.25. The molecule has 3 N–H and O–H groups in total. The first kappa shape index (κ1) is 23.4. The van der Waals surface area contributed by atoms with Crippen molar-refractivity contribution in [3.8, 4) is 23.0 Å². The smallest absolute Gasteiger partial charge is 0.331 e. The summed E-state index contributed by atoms with van der Waals surface area (Å²) in [6, 6.07) is 22.1. The normalized spacial score (nSPS) is 11.3. The van der Waals surface area contributed by atoms with E-state index in [2.05, 4.69) is 38.0 Å². The third-order valence-electron chi connectivity index (χ3n) is 7.13. The molecule has 6 rings (SSSR count). The summed E-state index contributed by atoms with van der Waals surface area (Å²) in [5, 5.41) is 12.2. The molecule has 0 aliphatic carbocycles. The van der Waals surface area contributed by atoms with Gasteiger partial charge in [-0.2, -0.15) is 5.26 Å². The molecule has 6 aromatic rings. The van der Waals surface area contributed by atoms with E-state index >= 15 is 0 Å². The van der Waals surface area contributed by atoms with Crippen molar-refractivity contribution < 1.29 is 0 Å². The van der Waals surface area contributed by atoms with Gasteiger partial charge in [-0.15, -0.1) is 0 Å². The summed E-state index contributed by atoms with van der Waals surface area (Å²) in [5.41, 5.74) is 6.83. The van der Waals surface area contributed by atoms with E-state index in [4.69, 9.17) is 0 Å². The fourth-order valence-electron chi connectivity index (χ4n) is 5.36. The number of nitrogens with zero attached hydrogens (tertiary/aromatic N) is 4. The first-order chi connectivity index (χ1) is 18.6. The van der Waals surface area contributed by atoms with Gasteiger partial charge < -0.3 is 19.9 Å². The number of fused-ring (bicyclic) bond motifs is 2. The Morgan fingerprint density at radius 2 is 1.71 bits per heavy atom. The lowest BCUT2D eigenvalue weighted by atomic mass is 10.0. The van der Waals surface area contributed by atoms with Crippen molar-refractivity contribution in [2.45, 2.75) is 19.8 Å². The van der Waals surface area contributed by atoms with Crippen LogP contribution in [0.15, 0.2) is 77.9 Å². The molecule has 0 unspecified atom stereocenters. The molecular formula is C30H27N7O. The number of nitrogens with one attached hydrogen (secondary N) is 3. The van der Waals surface area contributed by atoms with Gasteiger partial charge in [0, 0.05) is 58.5 Å². The second kappa shape index (κ2) is 9.45. The van der Waals surface area contributed by atoms with Crippen molar-refractivity contribution in [3.63, 3.8) is 0 Å². The Morgan fingerprint density at radius 1 is 0.974 bits per heavy atom. The number of pyridine rings is 1. The first-order valence-electron chi connectivity index (χ1n) is 12.6. The summed E-state index contributed by atoms with van der Waals surface area (Å²) in [6.45, 7) is 2.75. The predicted octanol–water partition coefficient (Wildman–Crippen LogP) is 5.44. The molecule has 4 heterocycles. The molecule has 0 saturated heterocycles. The number of aromatic amines is 3. The zero-order chi connectivity index (χ0) is 26.2. The minimum absolute atomic E-state index is 0.293. The number of H-pyrrole nitrogens is 3. The minimum Gasteiger partial charge on any atom is -0.373 e. The van der Waals surface area contributed by atoms with Crippen LogP contribution in [0, 0.1) is 18.3 Å². The molecule has 0 spiro atoms. The van der Waals surface area contributed by atoms with E-state index in [-0.39, 0.29) is 5.69 Å². The third kappa shape index (κ3) is 3.85. The molecule has 8 nitrogen and oxygen atoms in total. The van der Waals surface area contributed by atoms with Crippen molar-refractivity contribution in [3.05, 3.63) is 101 Å². The van der Waals surface area contributed by atoms with Gasteiger partial charge in [-0.25, -0.2) is 9.36 Å². The quantitative estimate of drug-likeness (QED) is 0.271. The number of imidazole rings is 1. The van der Waals surface area contributed by atoms with Crippen molar-refractivity contribution >= 4 is 27.5 Å². The van der Waals surface area contributed by atoms with E-state index in [9.17, 15) is 10.1 Å². The Labute approximate surface area is 219 Å². The van der Waals surface area contributed by atoms with Gasteiger partial charge in [-0.1, -0.05) is 36.4 Å². The van der Waals surface area contributed by atoms with Crippen LogP contribution >= 0.6 is 0 Å². The van der Waals surface area contributed by atoms with Gasteiger partial charge in [0.25, 0.3) is 0 Å². The Morgan fingerprint density at radius 3 is 2.45 bits per heavy atom. The molecule has 2 aromatic carbocycles. The highest BCUT2D eigenvalue weighted by Crippen LogP contribution is 2.35. The van der Waals surface area contributed by atoms with Crippen molar-refractivity contribution in [2.24, 2.45) is 0 Å². The monoisotopic (exact) mass is 501 g/mol. The molecular weight excluding hydrogens is 474 g/mol. The summed E-state index contributed by atoms with van der Waals surface area (Å²) in [7, 11) is 2.05. The molecule has 0 amide bonds. The lowest BCUT2D eigenvalue weighted by Crippen LogP contribution is -2.19. The van der Waals surface area contributed by atoms with E-state index in [1.165, 1.54) is 4.57 Å². The molecule has 0 aliphatic heterocycles. The van der Waals surface area contributed by atoms with E-state index < -0.39 is 0 Å². The molecule has 188 valence electrons. The zero-order valence-corrected chi connectivity index (χ0v) is 21.2. The lowest BCUT2D eigenvalue weighted by molar-refractivity contribution is 0.775. The topological polar surface area (TPSA) is 109 Å². The highest BCUT2D eigenvalue weighted by atomic mass is 16.1. The second-order valence-electron chi connectivity index (χ2n) is 9.51. The number of rotatable bonds is 7. The number of aromatic nitrogens is 5. The van der Waals surface area contributed by atoms with Gasteiger partial charge in [0.1, 0.15) is 6.07 Å². The summed E-state index contributed by atoms with van der Waals surface area (Å²) in [5.74, 6) is 0. The molecule has 0 atom stereocenters. The SMILES string of the molecule is Cc1[nH]c2ccccc2c1-n1c(C#N)c(-c2c(CCCN(C)c3cccnc3)[nH]c3ccccc23)[nH]c1=O. The maximum absolute atomic E-state index is 13.4. The van der Waals surface area contributed by atoms with Crippen LogP contribution in [0.5, 0.6) is 0 Å². The Kier molecular flexibility index (Phi) is 5.81. The van der Waals surface area contributed by atoms with Gasteiger partial charge >= 0.3 is 5.69 Å². The van der Waals surface area contributed by atoms with Crippen LogP contribution < -0.4 is 10.6 Å². The fourth-order valence-corrected chi connectivity index (χ4v) is 5.36. The number of para-hydroxylation sites is 2. The predicted molar refractivity (Wildman–Crippen MR) is 151 cm³/mol. The van der Waals surface area contributed by atoms with Crippen LogP contribution in [0.3, 0.4) is 0 Å². The summed E-state index contributed by atoms with van der Waals surface area (Å²) in [4.78, 5) is 29.8. The van der Waals surface area contributed by atoms with Gasteiger partial charge in [0.05, 0.1) is 23.3 Å². The van der Waals surface area contributed by atoms with Gasteiger partial charge in [0.2, 0.25) is 0 Å². The maximum Gasteiger partial charge on any atom is 0.331 e. The number of benzene rings is 2. The average Bonchev–Trinajstić information content (AvgIpc) is 3.57. The Hall–Kier alpha value is -5.03. The first-order valence-corrected chi connectivity index (χ1v) is 12.6. The van der Waals surface area contributed by atoms with Gasteiger partial charge in [0.15, 0.2) is 5.69 Å². The van der Waals surface area contributed by atoms with Crippen LogP contribution in [0.2, 0.25) is 0 Å². The Bertz CT molecular complexity index is 1860. The molecule has 0 aliphatic rings. The second-order valence-corrected chi connectivity index (χ2v) is 9.51. The van der Waals surface area contributed by atoms with Crippen LogP contribution in [0.25, 0.3) is 38.8 Å². The van der Waals surface area contributed by atoms with E-state index in [1.807, 2.05) is 73.8 Å². The number of aryl methyl sites for hydroxylation is 2. The molecule has 8 heteroatoms. The third-order valence-corrected chi connectivity index (χ3v) is 7.13. The molecule has 38 heavy (non-hydrogen) atoms. The Balaban J connectivity index is 1.44. The van der Waals surface area contributed by atoms with Crippen LogP contribution in [-0.4, -0.2) is 38.1 Å². The minimum atomic E-state index is -0.336. The highest BCUT2D eigenvalue weighted by Gasteiger charge is 2.24. The number of anilines is 1. The molecule has 0 radical (unpaired) electrons. The number of hydrogen-bond acceptors (Lipinski definition) is 4. The average molecular weight is 502 g/mol. The van der Waals surface area contributed by atoms with Crippen LogP contribution in [-0.2, 0) is 6.42 Å². The molecule has 0 bridgehead atoms. The lowest BCUT2D eigenvalue weighted by Gasteiger charge is -2.18. The van der Waals surface area contributed by atoms with Crippen LogP contribution in [0.1, 0.15) is 23.5 Å². The van der Waals surface area contributed by atoms with Crippen molar-refractivity contribution in [2.75, 3.05) is 18.5 Å². The van der Waals surface area contributed by atoms with E-state index in [0.29, 0.717) is 17.1 Å². The summed E-state index contributed by atoms with van der Waals surface area (Å²) >= 11 is 0. The van der Waals surface area contributed by atoms with Crippen LogP contribution in [0.4, 0.5) is 5.69 Å². The fraction of sp³-hybridized carbons (Fsp3) is 0.167. The number of hydrogen-bond donors (Lipinski definition) is 3. The molecule has 0 fully saturated rings. The molecule has 4 aromatic heterocycles. The molecule has 0 saturated carbocycles. The number of nitriles is 1. The van der Waals surface area contributed by atoms with Crippen molar-refractivity contribution in [1.29, 1.82) is 5.26 Å². The van der Waals surface area contributed by atoms with Crippen molar-refractivity contribution in [1.82, 2.24) is 24.5 Å². The van der Waals surface area contributed by atoms with Gasteiger partial charge in [-0.3, -0.25) is 4.98 Å². The standard InChI is InChI=1S/C30H27N7O/c1-19-29(22-11-4-6-13-24(22)33-19)37-26(17-31)28(35-30(37)38)27-21-10-3-5-12-23(21)34-25(27)14-8-16-36(2)20-9-7-15-32-18-20/h3-7,9-13,15,18,33-34H,8,14,16H2,1-2H3,(H,35,38). The maximum atomic E-state index is 13.4. The summed E-state index contributed by atoms with van der Waals surface area (Å²) < 4.78 is 1.51.